The van der Waals surface area contributed by atoms with E-state index in [1.807, 2.05) is 0 Å². The van der Waals surface area contributed by atoms with Gasteiger partial charge in [-0.3, -0.25) is 9.45 Å². The number of nitrogens with zero attached hydrogens (tertiary/aromatic N) is 1. The molecule has 2 atom stereocenters. The zero-order valence-electron chi connectivity index (χ0n) is 5.96. The first-order valence-electron chi connectivity index (χ1n) is 2.53. The fourth-order valence-corrected chi connectivity index (χ4v) is 2.34. The van der Waals surface area contributed by atoms with E-state index in [0.717, 1.165) is 4.90 Å². The molecule has 6 nitrogen and oxygen atoms in total. The summed E-state index contributed by atoms with van der Waals surface area (Å²) >= 11 is 0. The lowest BCUT2D eigenvalue weighted by Gasteiger charge is -2.12. The molecule has 2 unspecified atom stereocenters. The first-order valence-corrected chi connectivity index (χ1v) is 5.28. The monoisotopic (exact) mass is 201 g/mol. The van der Waals surface area contributed by atoms with Crippen molar-refractivity contribution in [1.29, 1.82) is 0 Å². The molecule has 0 aromatic carbocycles. The summed E-state index contributed by atoms with van der Waals surface area (Å²) in [6.45, 7) is 0. The van der Waals surface area contributed by atoms with Crippen molar-refractivity contribution in [2.45, 2.75) is 5.11 Å². The van der Waals surface area contributed by atoms with E-state index in [1.54, 1.807) is 0 Å². The van der Waals surface area contributed by atoms with Gasteiger partial charge in [0.05, 0.1) is 0 Å². The average molecular weight is 201 g/mol. The Morgan fingerprint density at radius 2 is 1.91 bits per heavy atom. The van der Waals surface area contributed by atoms with Crippen LogP contribution in [-0.4, -0.2) is 37.1 Å². The first-order chi connectivity index (χ1) is 4.76. The molecule has 0 aliphatic heterocycles. The summed E-state index contributed by atoms with van der Waals surface area (Å²) in [4.78, 5) is 11.1. The van der Waals surface area contributed by atoms with Crippen molar-refractivity contribution in [3.63, 3.8) is 0 Å². The van der Waals surface area contributed by atoms with Crippen molar-refractivity contribution in [2.75, 3.05) is 14.1 Å². The predicted octanol–water partition coefficient (Wildman–Crippen LogP) is -1.18. The Bertz CT molecular complexity index is 246. The summed E-state index contributed by atoms with van der Waals surface area (Å²) in [6.07, 6.45) is 0. The van der Waals surface area contributed by atoms with Gasteiger partial charge in [0.2, 0.25) is 0 Å². The molecular formula is C3H8NO5PS. The van der Waals surface area contributed by atoms with Crippen LogP contribution >= 0.6 is 8.03 Å². The van der Waals surface area contributed by atoms with E-state index in [-0.39, 0.29) is 0 Å². The van der Waals surface area contributed by atoms with Crippen LogP contribution in [0.25, 0.3) is 0 Å². The maximum Gasteiger partial charge on any atom is 0.347 e. The zero-order chi connectivity index (χ0) is 9.23. The van der Waals surface area contributed by atoms with Gasteiger partial charge in [-0.05, 0) is 14.1 Å². The van der Waals surface area contributed by atoms with E-state index >= 15 is 0 Å². The molecule has 0 rings (SSSR count). The minimum absolute atomic E-state index is 0.890. The molecule has 0 aromatic rings. The van der Waals surface area contributed by atoms with Crippen LogP contribution < -0.4 is 4.89 Å². The van der Waals surface area contributed by atoms with Crippen molar-refractivity contribution in [2.24, 2.45) is 0 Å². The molecule has 0 fully saturated rings. The third kappa shape index (κ3) is 3.22. The Labute approximate surface area is 65.4 Å². The molecule has 0 aromatic heterocycles. The van der Waals surface area contributed by atoms with Gasteiger partial charge in [0, 0.05) is 0 Å². The van der Waals surface area contributed by atoms with E-state index in [4.69, 9.17) is 4.55 Å². The molecule has 0 spiro atoms. The van der Waals surface area contributed by atoms with Crippen molar-refractivity contribution < 1.29 is 22.4 Å². The van der Waals surface area contributed by atoms with Gasteiger partial charge < -0.3 is 4.89 Å². The molecule has 0 amide bonds. The minimum Gasteiger partial charge on any atom is -0.593 e. The molecule has 0 saturated carbocycles. The second-order valence-corrected chi connectivity index (χ2v) is 4.98. The van der Waals surface area contributed by atoms with Crippen LogP contribution in [0.15, 0.2) is 0 Å². The Morgan fingerprint density at radius 1 is 1.55 bits per heavy atom. The van der Waals surface area contributed by atoms with Crippen LogP contribution in [0, 0.1) is 0 Å². The van der Waals surface area contributed by atoms with Gasteiger partial charge in [0.1, 0.15) is 0 Å². The van der Waals surface area contributed by atoms with Gasteiger partial charge in [-0.1, -0.05) is 4.57 Å². The summed E-state index contributed by atoms with van der Waals surface area (Å²) in [6, 6.07) is 0. The smallest absolute Gasteiger partial charge is 0.347 e. The van der Waals surface area contributed by atoms with Crippen LogP contribution in [0.1, 0.15) is 0 Å². The van der Waals surface area contributed by atoms with Crippen LogP contribution in [0.2, 0.25) is 0 Å². The highest BCUT2D eigenvalue weighted by atomic mass is 32.2. The third-order valence-corrected chi connectivity index (χ3v) is 3.98. The van der Waals surface area contributed by atoms with Gasteiger partial charge in [-0.15, -0.1) is 0 Å². The van der Waals surface area contributed by atoms with Gasteiger partial charge in [-0.2, -0.15) is 8.42 Å². The first kappa shape index (κ1) is 10.9. The van der Waals surface area contributed by atoms with Crippen molar-refractivity contribution in [1.82, 2.24) is 4.90 Å². The Balaban J connectivity index is 4.79. The van der Waals surface area contributed by atoms with Crippen molar-refractivity contribution in [3.8, 4) is 0 Å². The lowest BCUT2D eigenvalue weighted by Crippen LogP contribution is -2.34. The van der Waals surface area contributed by atoms with Crippen LogP contribution in [0.5, 0.6) is 0 Å². The van der Waals surface area contributed by atoms with E-state index < -0.39 is 23.3 Å². The van der Waals surface area contributed by atoms with E-state index in [0.29, 0.717) is 0 Å². The third-order valence-electron chi connectivity index (χ3n) is 0.889. The van der Waals surface area contributed by atoms with Gasteiger partial charge in [0.15, 0.2) is 0 Å². The zero-order valence-corrected chi connectivity index (χ0v) is 7.67. The second-order valence-electron chi connectivity index (χ2n) is 2.09. The molecule has 11 heavy (non-hydrogen) atoms. The second kappa shape index (κ2) is 3.55. The SMILES string of the molecule is CN(C)C([P+](=O)[O-])S(=O)(=O)O. The van der Waals surface area contributed by atoms with Gasteiger partial charge in [0.25, 0.3) is 0 Å². The maximum atomic E-state index is 10.3. The number of hydrogen-bond donors (Lipinski definition) is 1. The Hall–Kier alpha value is -0.0700. The fourth-order valence-electron chi connectivity index (χ4n) is 0.564. The average Bonchev–Trinajstić information content (AvgIpc) is 1.54. The molecule has 0 heterocycles. The molecule has 0 bridgehead atoms. The maximum absolute atomic E-state index is 10.3. The molecule has 0 aliphatic rings. The van der Waals surface area contributed by atoms with Crippen LogP contribution in [0.3, 0.4) is 0 Å². The lowest BCUT2D eigenvalue weighted by molar-refractivity contribution is -0.166. The van der Waals surface area contributed by atoms with Crippen molar-refractivity contribution >= 4 is 18.1 Å². The topological polar surface area (TPSA) is 97.7 Å². The molecule has 0 radical (unpaired) electrons. The number of rotatable bonds is 3. The Morgan fingerprint density at radius 3 is 1.91 bits per heavy atom. The fraction of sp³-hybridized carbons (Fsp3) is 1.00. The standard InChI is InChI=1S/C3H8NO5PS/c1-4(2)3(10(5)6)11(7,8)9/h3H,1-2H3,(H,7,8,9). The van der Waals surface area contributed by atoms with Gasteiger partial charge >= 0.3 is 23.3 Å². The van der Waals surface area contributed by atoms with Crippen LogP contribution in [0.4, 0.5) is 0 Å². The van der Waals surface area contributed by atoms with E-state index in [9.17, 15) is 17.9 Å². The molecular weight excluding hydrogens is 193 g/mol. The van der Waals surface area contributed by atoms with Gasteiger partial charge in [-0.25, -0.2) is 0 Å². The van der Waals surface area contributed by atoms with E-state index in [1.165, 1.54) is 14.1 Å². The van der Waals surface area contributed by atoms with Crippen molar-refractivity contribution in [3.05, 3.63) is 0 Å². The molecule has 1 N–H and O–H groups in total. The van der Waals surface area contributed by atoms with Crippen LogP contribution in [-0.2, 0) is 14.7 Å². The summed E-state index contributed by atoms with van der Waals surface area (Å²) in [7, 11) is -5.26. The highest BCUT2D eigenvalue weighted by molar-refractivity contribution is 7.91. The summed E-state index contributed by atoms with van der Waals surface area (Å²) in [5.41, 5.74) is 0. The molecule has 66 valence electrons. The highest BCUT2D eigenvalue weighted by Crippen LogP contribution is 2.23. The molecule has 8 heteroatoms. The number of hydrogen-bond acceptors (Lipinski definition) is 5. The lowest BCUT2D eigenvalue weighted by atomic mass is 11.0. The summed E-state index contributed by atoms with van der Waals surface area (Å²) in [5.74, 6) is 0. The highest BCUT2D eigenvalue weighted by Gasteiger charge is 2.37. The summed E-state index contributed by atoms with van der Waals surface area (Å²) < 4.78 is 39.3. The predicted molar refractivity (Wildman–Crippen MR) is 36.6 cm³/mol. The normalized spacial score (nSPS) is 16.6. The molecule has 0 saturated heterocycles. The summed E-state index contributed by atoms with van der Waals surface area (Å²) in [5, 5.41) is -1.85. The quantitative estimate of drug-likeness (QED) is 0.456. The van der Waals surface area contributed by atoms with E-state index in [2.05, 4.69) is 0 Å². The Kier molecular flexibility index (Phi) is 3.53. The largest absolute Gasteiger partial charge is 0.593 e. The minimum atomic E-state index is -4.53. The molecule has 0 aliphatic carbocycles.